The molecule has 1 aliphatic rings. The van der Waals surface area contributed by atoms with Crippen molar-refractivity contribution in [2.45, 2.75) is 38.5 Å². The van der Waals surface area contributed by atoms with E-state index in [2.05, 4.69) is 27.9 Å². The number of rotatable bonds is 7. The molecular weight excluding hydrogens is 277 g/mol. The van der Waals surface area contributed by atoms with Crippen molar-refractivity contribution < 1.29 is 4.79 Å². The van der Waals surface area contributed by atoms with Gasteiger partial charge in [-0.1, -0.05) is 29.0 Å². The minimum absolute atomic E-state index is 0.261. The van der Waals surface area contributed by atoms with E-state index in [1.165, 1.54) is 30.1 Å². The van der Waals surface area contributed by atoms with Gasteiger partial charge in [-0.05, 0) is 36.0 Å². The van der Waals surface area contributed by atoms with Gasteiger partial charge in [0.05, 0.1) is 0 Å². The average molecular weight is 295 g/mol. The van der Waals surface area contributed by atoms with Crippen molar-refractivity contribution >= 4 is 28.5 Å². The zero-order valence-corrected chi connectivity index (χ0v) is 10.2. The van der Waals surface area contributed by atoms with Crippen molar-refractivity contribution in [3.05, 3.63) is 0 Å². The largest absolute Gasteiger partial charge is 0.356 e. The summed E-state index contributed by atoms with van der Waals surface area (Å²) in [5.74, 6) is 0.978. The van der Waals surface area contributed by atoms with Gasteiger partial charge in [0, 0.05) is 13.0 Å². The molecule has 13 heavy (non-hydrogen) atoms. The Hall–Kier alpha value is 0.200. The minimum Gasteiger partial charge on any atom is -0.356 e. The second kappa shape index (κ2) is 6.62. The first kappa shape index (κ1) is 11.3. The van der Waals surface area contributed by atoms with Crippen LogP contribution < -0.4 is 5.32 Å². The van der Waals surface area contributed by atoms with Crippen LogP contribution in [0.15, 0.2) is 0 Å². The fourth-order valence-electron chi connectivity index (χ4n) is 1.28. The normalized spacial score (nSPS) is 15.8. The Balaban J connectivity index is 1.83. The predicted molar refractivity (Wildman–Crippen MR) is 63.1 cm³/mol. The Morgan fingerprint density at radius 2 is 2.08 bits per heavy atom. The zero-order chi connectivity index (χ0) is 9.52. The molecule has 0 bridgehead atoms. The summed E-state index contributed by atoms with van der Waals surface area (Å²) in [7, 11) is 0. The highest BCUT2D eigenvalue weighted by Gasteiger charge is 2.23. The molecule has 1 aliphatic carbocycles. The van der Waals surface area contributed by atoms with Crippen LogP contribution in [0.5, 0.6) is 0 Å². The molecule has 1 saturated carbocycles. The molecule has 0 heterocycles. The highest BCUT2D eigenvalue weighted by molar-refractivity contribution is 14.1. The molecule has 2 nitrogen and oxygen atoms in total. The number of hydrogen-bond acceptors (Lipinski definition) is 1. The quantitative estimate of drug-likeness (QED) is 0.436. The predicted octanol–water partition coefficient (Wildman–Crippen LogP) is 2.51. The van der Waals surface area contributed by atoms with Gasteiger partial charge in [0.15, 0.2) is 0 Å². The van der Waals surface area contributed by atoms with E-state index in [9.17, 15) is 4.79 Å². The van der Waals surface area contributed by atoms with Gasteiger partial charge in [-0.15, -0.1) is 0 Å². The molecule has 0 aromatic carbocycles. The summed E-state index contributed by atoms with van der Waals surface area (Å²) >= 11 is 2.39. The van der Waals surface area contributed by atoms with Crippen molar-refractivity contribution in [2.75, 3.05) is 11.0 Å². The fourth-order valence-corrected chi connectivity index (χ4v) is 1.82. The van der Waals surface area contributed by atoms with E-state index >= 15 is 0 Å². The Bertz CT molecular complexity index is 157. The number of alkyl halides is 1. The molecule has 76 valence electrons. The first-order valence-electron chi connectivity index (χ1n) is 5.15. The zero-order valence-electron chi connectivity index (χ0n) is 8.02. The molecule has 0 atom stereocenters. The van der Waals surface area contributed by atoms with Crippen molar-refractivity contribution in [1.29, 1.82) is 0 Å². The van der Waals surface area contributed by atoms with E-state index in [0.29, 0.717) is 5.92 Å². The standard InChI is InChI=1S/C10H18INO/c11-6-2-1-3-7-12-10(13)8-9-4-5-9/h9H,1-8H2,(H,12,13). The average Bonchev–Trinajstić information content (AvgIpc) is 2.88. The molecule has 1 fully saturated rings. The first-order valence-corrected chi connectivity index (χ1v) is 6.68. The van der Waals surface area contributed by atoms with Gasteiger partial charge in [0.25, 0.3) is 0 Å². The van der Waals surface area contributed by atoms with Crippen LogP contribution in [-0.4, -0.2) is 16.9 Å². The molecule has 0 unspecified atom stereocenters. The van der Waals surface area contributed by atoms with Crippen LogP contribution >= 0.6 is 22.6 Å². The number of carbonyl (C=O) groups is 1. The Labute approximate surface area is 94.0 Å². The third kappa shape index (κ3) is 6.29. The fraction of sp³-hybridized carbons (Fsp3) is 0.900. The van der Waals surface area contributed by atoms with Crippen LogP contribution in [0.1, 0.15) is 38.5 Å². The van der Waals surface area contributed by atoms with Gasteiger partial charge in [-0.2, -0.15) is 0 Å². The summed E-state index contributed by atoms with van der Waals surface area (Å²) in [5, 5.41) is 2.97. The summed E-state index contributed by atoms with van der Waals surface area (Å²) in [6.07, 6.45) is 6.96. The molecule has 1 amide bonds. The van der Waals surface area contributed by atoms with Crippen molar-refractivity contribution in [2.24, 2.45) is 5.92 Å². The van der Waals surface area contributed by atoms with E-state index in [1.54, 1.807) is 0 Å². The monoisotopic (exact) mass is 295 g/mol. The number of halogens is 1. The maximum Gasteiger partial charge on any atom is 0.220 e. The minimum atomic E-state index is 0.261. The molecule has 0 spiro atoms. The summed E-state index contributed by atoms with van der Waals surface area (Å²) < 4.78 is 1.23. The Morgan fingerprint density at radius 3 is 2.69 bits per heavy atom. The maximum atomic E-state index is 11.2. The van der Waals surface area contributed by atoms with E-state index < -0.39 is 0 Å². The summed E-state index contributed by atoms with van der Waals surface area (Å²) in [6, 6.07) is 0. The van der Waals surface area contributed by atoms with Gasteiger partial charge in [-0.3, -0.25) is 4.79 Å². The van der Waals surface area contributed by atoms with Crippen molar-refractivity contribution in [1.82, 2.24) is 5.32 Å². The van der Waals surface area contributed by atoms with Crippen molar-refractivity contribution in [3.8, 4) is 0 Å². The van der Waals surface area contributed by atoms with Gasteiger partial charge >= 0.3 is 0 Å². The summed E-state index contributed by atoms with van der Waals surface area (Å²) in [4.78, 5) is 11.2. The SMILES string of the molecule is O=C(CC1CC1)NCCCCCI. The van der Waals surface area contributed by atoms with Crippen LogP contribution in [0, 0.1) is 5.92 Å². The smallest absolute Gasteiger partial charge is 0.220 e. The topological polar surface area (TPSA) is 29.1 Å². The lowest BCUT2D eigenvalue weighted by molar-refractivity contribution is -0.121. The third-order valence-corrected chi connectivity index (χ3v) is 3.07. The summed E-state index contributed by atoms with van der Waals surface area (Å²) in [5.41, 5.74) is 0. The molecule has 0 aromatic heterocycles. The van der Waals surface area contributed by atoms with Crippen LogP contribution in [0.25, 0.3) is 0 Å². The molecule has 1 rings (SSSR count). The molecule has 0 aliphatic heterocycles. The Kier molecular flexibility index (Phi) is 5.75. The lowest BCUT2D eigenvalue weighted by Crippen LogP contribution is -2.24. The first-order chi connectivity index (χ1) is 6.33. The molecule has 0 saturated heterocycles. The number of nitrogens with one attached hydrogen (secondary N) is 1. The highest BCUT2D eigenvalue weighted by Crippen LogP contribution is 2.31. The van der Waals surface area contributed by atoms with Crippen LogP contribution in [0.4, 0.5) is 0 Å². The maximum absolute atomic E-state index is 11.2. The van der Waals surface area contributed by atoms with Crippen LogP contribution in [0.2, 0.25) is 0 Å². The third-order valence-electron chi connectivity index (χ3n) is 2.30. The second-order valence-corrected chi connectivity index (χ2v) is 4.83. The van der Waals surface area contributed by atoms with Gasteiger partial charge < -0.3 is 5.32 Å². The number of amides is 1. The summed E-state index contributed by atoms with van der Waals surface area (Å²) in [6.45, 7) is 0.877. The van der Waals surface area contributed by atoms with E-state index in [-0.39, 0.29) is 5.91 Å². The molecule has 1 N–H and O–H groups in total. The van der Waals surface area contributed by atoms with Crippen LogP contribution in [-0.2, 0) is 4.79 Å². The highest BCUT2D eigenvalue weighted by atomic mass is 127. The van der Waals surface area contributed by atoms with Crippen molar-refractivity contribution in [3.63, 3.8) is 0 Å². The molecular formula is C10H18INO. The van der Waals surface area contributed by atoms with E-state index in [1.807, 2.05) is 0 Å². The van der Waals surface area contributed by atoms with Gasteiger partial charge in [0.2, 0.25) is 5.91 Å². The molecule has 0 radical (unpaired) electrons. The Morgan fingerprint density at radius 1 is 1.31 bits per heavy atom. The van der Waals surface area contributed by atoms with E-state index in [4.69, 9.17) is 0 Å². The second-order valence-electron chi connectivity index (χ2n) is 3.75. The molecule has 0 aromatic rings. The number of carbonyl (C=O) groups excluding carboxylic acids is 1. The van der Waals surface area contributed by atoms with Gasteiger partial charge in [-0.25, -0.2) is 0 Å². The van der Waals surface area contributed by atoms with Crippen LogP contribution in [0.3, 0.4) is 0 Å². The van der Waals surface area contributed by atoms with E-state index in [0.717, 1.165) is 19.4 Å². The number of hydrogen-bond donors (Lipinski definition) is 1. The van der Waals surface area contributed by atoms with Gasteiger partial charge in [0.1, 0.15) is 0 Å². The molecule has 3 heteroatoms. The lowest BCUT2D eigenvalue weighted by atomic mass is 10.2. The number of unbranched alkanes of at least 4 members (excludes halogenated alkanes) is 2. The lowest BCUT2D eigenvalue weighted by Gasteiger charge is -2.03.